The molecule has 1 aromatic rings. The molecule has 1 aromatic carbocycles. The largest absolute Gasteiger partial charge is 0.381 e. The zero-order chi connectivity index (χ0) is 17.0. The Kier molecular flexibility index (Phi) is 8.63. The topological polar surface area (TPSA) is 33.0 Å². The van der Waals surface area contributed by atoms with Gasteiger partial charge in [-0.25, -0.2) is 0 Å². The van der Waals surface area contributed by atoms with Crippen molar-refractivity contribution in [3.8, 4) is 6.07 Å². The molecule has 2 rings (SSSR count). The standard InChI is InChI=1S/C22H31NO/c1-2-3-4-5-6-16-24-17-15-19-7-11-21(12-8-19)22-13-9-20(18-23)10-14-22/h2,9-10,13-14,19,21H,1,3-8,11-12,15-17H2. The Labute approximate surface area is 147 Å². The fourth-order valence-electron chi connectivity index (χ4n) is 3.64. The summed E-state index contributed by atoms with van der Waals surface area (Å²) in [6.07, 6.45) is 13.2. The average molecular weight is 325 g/mol. The second kappa shape index (κ2) is 11.0. The van der Waals surface area contributed by atoms with Crippen LogP contribution >= 0.6 is 0 Å². The lowest BCUT2D eigenvalue weighted by Crippen LogP contribution is -2.15. The van der Waals surface area contributed by atoms with Crippen LogP contribution < -0.4 is 0 Å². The first kappa shape index (κ1) is 18.7. The lowest BCUT2D eigenvalue weighted by Gasteiger charge is -2.28. The van der Waals surface area contributed by atoms with Crippen LogP contribution in [0.25, 0.3) is 0 Å². The van der Waals surface area contributed by atoms with Crippen molar-refractivity contribution in [1.29, 1.82) is 5.26 Å². The molecule has 2 heteroatoms. The Bertz CT molecular complexity index is 506. The van der Waals surface area contributed by atoms with Crippen LogP contribution in [0.1, 0.15) is 74.8 Å². The van der Waals surface area contributed by atoms with E-state index in [4.69, 9.17) is 10.00 Å². The number of hydrogen-bond donors (Lipinski definition) is 0. The van der Waals surface area contributed by atoms with Crippen LogP contribution in [0.4, 0.5) is 0 Å². The third-order valence-corrected chi connectivity index (χ3v) is 5.23. The number of hydrogen-bond acceptors (Lipinski definition) is 2. The summed E-state index contributed by atoms with van der Waals surface area (Å²) in [7, 11) is 0. The minimum Gasteiger partial charge on any atom is -0.381 e. The summed E-state index contributed by atoms with van der Waals surface area (Å²) in [6.45, 7) is 5.59. The van der Waals surface area contributed by atoms with E-state index in [2.05, 4.69) is 24.8 Å². The third-order valence-electron chi connectivity index (χ3n) is 5.23. The highest BCUT2D eigenvalue weighted by Gasteiger charge is 2.22. The zero-order valence-corrected chi connectivity index (χ0v) is 14.9. The average Bonchev–Trinajstić information content (AvgIpc) is 2.64. The summed E-state index contributed by atoms with van der Waals surface area (Å²) in [5, 5.41) is 8.88. The van der Waals surface area contributed by atoms with Gasteiger partial charge in [0, 0.05) is 13.2 Å². The van der Waals surface area contributed by atoms with Gasteiger partial charge in [0.1, 0.15) is 0 Å². The van der Waals surface area contributed by atoms with Gasteiger partial charge in [0.2, 0.25) is 0 Å². The molecule has 0 heterocycles. The van der Waals surface area contributed by atoms with Crippen LogP contribution in [0.5, 0.6) is 0 Å². The third kappa shape index (κ3) is 6.49. The van der Waals surface area contributed by atoms with E-state index >= 15 is 0 Å². The Balaban J connectivity index is 1.56. The van der Waals surface area contributed by atoms with Gasteiger partial charge in [0.05, 0.1) is 11.6 Å². The van der Waals surface area contributed by atoms with Crippen molar-refractivity contribution in [2.24, 2.45) is 5.92 Å². The zero-order valence-electron chi connectivity index (χ0n) is 14.9. The van der Waals surface area contributed by atoms with Gasteiger partial charge in [0.15, 0.2) is 0 Å². The molecule has 24 heavy (non-hydrogen) atoms. The van der Waals surface area contributed by atoms with Crippen molar-refractivity contribution in [3.63, 3.8) is 0 Å². The Morgan fingerprint density at radius 3 is 2.46 bits per heavy atom. The number of ether oxygens (including phenoxy) is 1. The first-order valence-corrected chi connectivity index (χ1v) is 9.52. The van der Waals surface area contributed by atoms with Crippen LogP contribution in [0.15, 0.2) is 36.9 Å². The summed E-state index contributed by atoms with van der Waals surface area (Å²) in [5.74, 6) is 1.51. The monoisotopic (exact) mass is 325 g/mol. The van der Waals surface area contributed by atoms with Gasteiger partial charge in [0.25, 0.3) is 0 Å². The summed E-state index contributed by atoms with van der Waals surface area (Å²) in [6, 6.07) is 10.4. The van der Waals surface area contributed by atoms with Crippen molar-refractivity contribution in [1.82, 2.24) is 0 Å². The molecular weight excluding hydrogens is 294 g/mol. The summed E-state index contributed by atoms with van der Waals surface area (Å²) in [4.78, 5) is 0. The maximum Gasteiger partial charge on any atom is 0.0991 e. The van der Waals surface area contributed by atoms with Crippen LogP contribution in [0.2, 0.25) is 0 Å². The molecule has 0 unspecified atom stereocenters. The summed E-state index contributed by atoms with van der Waals surface area (Å²) in [5.41, 5.74) is 2.16. The first-order chi connectivity index (χ1) is 11.8. The first-order valence-electron chi connectivity index (χ1n) is 9.52. The predicted molar refractivity (Wildman–Crippen MR) is 100.0 cm³/mol. The highest BCUT2D eigenvalue weighted by Crippen LogP contribution is 2.37. The van der Waals surface area contributed by atoms with Crippen LogP contribution in [0.3, 0.4) is 0 Å². The fraction of sp³-hybridized carbons (Fsp3) is 0.591. The molecule has 1 saturated carbocycles. The van der Waals surface area contributed by atoms with E-state index < -0.39 is 0 Å². The van der Waals surface area contributed by atoms with Crippen molar-refractivity contribution >= 4 is 0 Å². The normalized spacial score (nSPS) is 20.5. The number of nitrogens with zero attached hydrogens (tertiary/aromatic N) is 1. The van der Waals surface area contributed by atoms with Gasteiger partial charge in [-0.05, 0) is 80.9 Å². The molecule has 0 bridgehead atoms. The van der Waals surface area contributed by atoms with E-state index in [1.165, 1.54) is 56.9 Å². The second-order valence-electron chi connectivity index (χ2n) is 6.99. The molecule has 0 aliphatic heterocycles. The SMILES string of the molecule is C=CCCCCCOCCC1CCC(c2ccc(C#N)cc2)CC1. The van der Waals surface area contributed by atoms with Crippen molar-refractivity contribution in [2.45, 2.75) is 63.7 Å². The van der Waals surface area contributed by atoms with Gasteiger partial charge < -0.3 is 4.74 Å². The van der Waals surface area contributed by atoms with E-state index in [0.29, 0.717) is 5.92 Å². The Morgan fingerprint density at radius 1 is 1.04 bits per heavy atom. The van der Waals surface area contributed by atoms with E-state index in [1.54, 1.807) is 0 Å². The predicted octanol–water partition coefficient (Wildman–Crippen LogP) is 5.99. The summed E-state index contributed by atoms with van der Waals surface area (Å²) >= 11 is 0. The number of allylic oxidation sites excluding steroid dienone is 1. The number of rotatable bonds is 10. The minimum atomic E-state index is 0.680. The smallest absolute Gasteiger partial charge is 0.0991 e. The van der Waals surface area contributed by atoms with Crippen molar-refractivity contribution in [2.75, 3.05) is 13.2 Å². The number of unbranched alkanes of at least 4 members (excludes halogenated alkanes) is 3. The molecule has 0 atom stereocenters. The molecule has 0 spiro atoms. The van der Waals surface area contributed by atoms with Crippen molar-refractivity contribution < 1.29 is 4.74 Å². The Hall–Kier alpha value is -1.59. The van der Waals surface area contributed by atoms with Gasteiger partial charge in [-0.1, -0.05) is 24.6 Å². The van der Waals surface area contributed by atoms with Crippen LogP contribution in [-0.2, 0) is 4.74 Å². The van der Waals surface area contributed by atoms with E-state index in [9.17, 15) is 0 Å². The minimum absolute atomic E-state index is 0.680. The van der Waals surface area contributed by atoms with E-state index in [1.807, 2.05) is 18.2 Å². The molecule has 0 amide bonds. The fourth-order valence-corrected chi connectivity index (χ4v) is 3.64. The molecule has 0 radical (unpaired) electrons. The second-order valence-corrected chi connectivity index (χ2v) is 6.99. The number of benzene rings is 1. The van der Waals surface area contributed by atoms with Crippen molar-refractivity contribution in [3.05, 3.63) is 48.0 Å². The molecule has 2 nitrogen and oxygen atoms in total. The quantitative estimate of drug-likeness (QED) is 0.391. The van der Waals surface area contributed by atoms with Crippen LogP contribution in [-0.4, -0.2) is 13.2 Å². The molecule has 0 saturated heterocycles. The lowest BCUT2D eigenvalue weighted by molar-refractivity contribution is 0.109. The molecule has 130 valence electrons. The van der Waals surface area contributed by atoms with E-state index in [0.717, 1.165) is 31.1 Å². The van der Waals surface area contributed by atoms with Gasteiger partial charge in [-0.15, -0.1) is 6.58 Å². The highest BCUT2D eigenvalue weighted by atomic mass is 16.5. The van der Waals surface area contributed by atoms with Crippen LogP contribution in [0, 0.1) is 17.2 Å². The molecule has 1 aliphatic rings. The van der Waals surface area contributed by atoms with Gasteiger partial charge in [-0.3, -0.25) is 0 Å². The maximum absolute atomic E-state index is 8.88. The summed E-state index contributed by atoms with van der Waals surface area (Å²) < 4.78 is 5.80. The molecule has 0 aromatic heterocycles. The lowest BCUT2D eigenvalue weighted by atomic mass is 9.77. The molecule has 1 aliphatic carbocycles. The van der Waals surface area contributed by atoms with Gasteiger partial charge in [-0.2, -0.15) is 5.26 Å². The number of nitriles is 1. The highest BCUT2D eigenvalue weighted by molar-refractivity contribution is 5.33. The molecule has 0 N–H and O–H groups in total. The maximum atomic E-state index is 8.88. The molecular formula is C22H31NO. The molecule has 1 fully saturated rings. The van der Waals surface area contributed by atoms with E-state index in [-0.39, 0.29) is 0 Å². The van der Waals surface area contributed by atoms with Gasteiger partial charge >= 0.3 is 0 Å². The Morgan fingerprint density at radius 2 is 1.79 bits per heavy atom.